The first kappa shape index (κ1) is 13.4. The molecule has 0 bridgehead atoms. The first-order valence-electron chi connectivity index (χ1n) is 6.26. The van der Waals surface area contributed by atoms with Crippen molar-refractivity contribution in [1.29, 1.82) is 0 Å². The SMILES string of the molecule is CCC1(Nc2cnn(CCO)c(=O)c2Cl)CCC1. The number of aliphatic hydroxyl groups is 1. The van der Waals surface area contributed by atoms with Crippen LogP contribution >= 0.6 is 11.6 Å². The average molecular weight is 272 g/mol. The number of hydrogen-bond acceptors (Lipinski definition) is 4. The normalized spacial score (nSPS) is 17.3. The summed E-state index contributed by atoms with van der Waals surface area (Å²) in [6.07, 6.45) is 5.96. The molecule has 1 aromatic rings. The van der Waals surface area contributed by atoms with Crippen LogP contribution in [0.2, 0.25) is 5.02 Å². The summed E-state index contributed by atoms with van der Waals surface area (Å²) in [6.45, 7) is 2.16. The molecule has 0 radical (unpaired) electrons. The van der Waals surface area contributed by atoms with Gasteiger partial charge in [0.05, 0.1) is 25.0 Å². The standard InChI is InChI=1S/C12H18ClN3O2/c1-2-12(4-3-5-12)15-9-8-14-16(6-7-17)11(18)10(9)13/h8,15,17H,2-7H2,1H3. The number of aliphatic hydroxyl groups excluding tert-OH is 1. The van der Waals surface area contributed by atoms with E-state index in [2.05, 4.69) is 17.3 Å². The molecule has 2 N–H and O–H groups in total. The quantitative estimate of drug-likeness (QED) is 0.854. The highest BCUT2D eigenvalue weighted by atomic mass is 35.5. The van der Waals surface area contributed by atoms with Crippen LogP contribution in [0, 0.1) is 0 Å². The van der Waals surface area contributed by atoms with E-state index in [1.54, 1.807) is 6.20 Å². The van der Waals surface area contributed by atoms with Crippen LogP contribution in [-0.4, -0.2) is 27.0 Å². The van der Waals surface area contributed by atoms with Crippen LogP contribution in [0.25, 0.3) is 0 Å². The van der Waals surface area contributed by atoms with Crippen molar-refractivity contribution in [1.82, 2.24) is 9.78 Å². The molecule has 100 valence electrons. The van der Waals surface area contributed by atoms with Crippen molar-refractivity contribution in [3.8, 4) is 0 Å². The lowest BCUT2D eigenvalue weighted by atomic mass is 9.75. The van der Waals surface area contributed by atoms with Crippen LogP contribution in [0.15, 0.2) is 11.0 Å². The van der Waals surface area contributed by atoms with Gasteiger partial charge in [-0.3, -0.25) is 4.79 Å². The van der Waals surface area contributed by atoms with Gasteiger partial charge in [0, 0.05) is 5.54 Å². The summed E-state index contributed by atoms with van der Waals surface area (Å²) < 4.78 is 1.17. The second-order valence-electron chi connectivity index (χ2n) is 4.74. The Hall–Kier alpha value is -1.07. The minimum Gasteiger partial charge on any atom is -0.394 e. The third-order valence-electron chi connectivity index (χ3n) is 3.68. The number of aromatic nitrogens is 2. The smallest absolute Gasteiger partial charge is 0.287 e. The molecule has 1 saturated carbocycles. The van der Waals surface area contributed by atoms with Gasteiger partial charge in [-0.1, -0.05) is 18.5 Å². The second kappa shape index (κ2) is 5.28. The van der Waals surface area contributed by atoms with Crippen LogP contribution in [0.1, 0.15) is 32.6 Å². The fourth-order valence-corrected chi connectivity index (χ4v) is 2.46. The fourth-order valence-electron chi connectivity index (χ4n) is 2.26. The second-order valence-corrected chi connectivity index (χ2v) is 5.11. The van der Waals surface area contributed by atoms with E-state index >= 15 is 0 Å². The van der Waals surface area contributed by atoms with Crippen molar-refractivity contribution in [3.63, 3.8) is 0 Å². The van der Waals surface area contributed by atoms with Crippen LogP contribution in [0.4, 0.5) is 5.69 Å². The van der Waals surface area contributed by atoms with E-state index in [4.69, 9.17) is 16.7 Å². The molecule has 1 aliphatic carbocycles. The van der Waals surface area contributed by atoms with Crippen molar-refractivity contribution < 1.29 is 5.11 Å². The average Bonchev–Trinajstić information content (AvgIpc) is 2.33. The Morgan fingerprint density at radius 3 is 2.83 bits per heavy atom. The van der Waals surface area contributed by atoms with E-state index in [-0.39, 0.29) is 29.3 Å². The third kappa shape index (κ3) is 2.37. The van der Waals surface area contributed by atoms with Gasteiger partial charge < -0.3 is 10.4 Å². The van der Waals surface area contributed by atoms with Crippen LogP contribution < -0.4 is 10.9 Å². The molecule has 0 saturated heterocycles. The Labute approximate surface area is 111 Å². The van der Waals surface area contributed by atoms with Crippen molar-refractivity contribution in [3.05, 3.63) is 21.6 Å². The monoisotopic (exact) mass is 271 g/mol. The Morgan fingerprint density at radius 2 is 2.33 bits per heavy atom. The van der Waals surface area contributed by atoms with Gasteiger partial charge in [-0.05, 0) is 25.7 Å². The number of nitrogens with one attached hydrogen (secondary N) is 1. The largest absolute Gasteiger partial charge is 0.394 e. The number of nitrogens with zero attached hydrogens (tertiary/aromatic N) is 2. The highest BCUT2D eigenvalue weighted by Crippen LogP contribution is 2.38. The highest BCUT2D eigenvalue weighted by molar-refractivity contribution is 6.32. The van der Waals surface area contributed by atoms with Gasteiger partial charge in [0.15, 0.2) is 0 Å². The van der Waals surface area contributed by atoms with Crippen molar-refractivity contribution in [2.45, 2.75) is 44.7 Å². The fraction of sp³-hybridized carbons (Fsp3) is 0.667. The maximum absolute atomic E-state index is 11.9. The van der Waals surface area contributed by atoms with E-state index in [1.165, 1.54) is 11.1 Å². The molecule has 6 heteroatoms. The third-order valence-corrected chi connectivity index (χ3v) is 4.05. The van der Waals surface area contributed by atoms with Gasteiger partial charge in [-0.25, -0.2) is 4.68 Å². The van der Waals surface area contributed by atoms with Crippen LogP contribution in [-0.2, 0) is 6.54 Å². The summed E-state index contributed by atoms with van der Waals surface area (Å²) in [5.74, 6) is 0. The molecule has 5 nitrogen and oxygen atoms in total. The van der Waals surface area contributed by atoms with Crippen molar-refractivity contribution in [2.75, 3.05) is 11.9 Å². The van der Waals surface area contributed by atoms with E-state index in [1.807, 2.05) is 0 Å². The lowest BCUT2D eigenvalue weighted by molar-refractivity contribution is 0.264. The van der Waals surface area contributed by atoms with Crippen molar-refractivity contribution >= 4 is 17.3 Å². The predicted molar refractivity (Wildman–Crippen MR) is 71.1 cm³/mol. The molecule has 0 unspecified atom stereocenters. The summed E-state index contributed by atoms with van der Waals surface area (Å²) in [5.41, 5.74) is 0.305. The molecular weight excluding hydrogens is 254 g/mol. The molecular formula is C12H18ClN3O2. The van der Waals surface area contributed by atoms with Crippen LogP contribution in [0.3, 0.4) is 0 Å². The molecule has 0 amide bonds. The minimum atomic E-state index is -0.360. The van der Waals surface area contributed by atoms with Crippen molar-refractivity contribution in [2.24, 2.45) is 0 Å². The van der Waals surface area contributed by atoms with Gasteiger partial charge in [-0.2, -0.15) is 5.10 Å². The molecule has 0 atom stereocenters. The van der Waals surface area contributed by atoms with Crippen LogP contribution in [0.5, 0.6) is 0 Å². The van der Waals surface area contributed by atoms with E-state index in [0.717, 1.165) is 19.3 Å². The number of hydrogen-bond donors (Lipinski definition) is 2. The Morgan fingerprint density at radius 1 is 1.61 bits per heavy atom. The molecule has 1 fully saturated rings. The van der Waals surface area contributed by atoms with E-state index < -0.39 is 0 Å². The summed E-state index contributed by atoms with van der Waals surface area (Å²) in [7, 11) is 0. The maximum atomic E-state index is 11.9. The minimum absolute atomic E-state index is 0.0704. The summed E-state index contributed by atoms with van der Waals surface area (Å²) in [4.78, 5) is 11.9. The molecule has 0 aromatic carbocycles. The first-order chi connectivity index (χ1) is 8.62. The topological polar surface area (TPSA) is 67.2 Å². The zero-order valence-electron chi connectivity index (χ0n) is 10.4. The predicted octanol–water partition coefficient (Wildman–Crippen LogP) is 1.63. The van der Waals surface area contributed by atoms with Gasteiger partial charge >= 0.3 is 0 Å². The summed E-state index contributed by atoms with van der Waals surface area (Å²) >= 11 is 6.06. The lowest BCUT2D eigenvalue weighted by Crippen LogP contribution is -2.44. The van der Waals surface area contributed by atoms with E-state index in [0.29, 0.717) is 5.69 Å². The number of rotatable bonds is 5. The molecule has 1 heterocycles. The molecule has 1 aromatic heterocycles. The van der Waals surface area contributed by atoms with Gasteiger partial charge in [0.25, 0.3) is 5.56 Å². The van der Waals surface area contributed by atoms with Gasteiger partial charge in [0.2, 0.25) is 0 Å². The Kier molecular flexibility index (Phi) is 3.92. The zero-order chi connectivity index (χ0) is 13.2. The molecule has 0 aliphatic heterocycles. The molecule has 2 rings (SSSR count). The van der Waals surface area contributed by atoms with Gasteiger partial charge in [0.1, 0.15) is 5.02 Å². The molecule has 1 aliphatic rings. The molecule has 18 heavy (non-hydrogen) atoms. The Bertz CT molecular complexity index is 477. The van der Waals surface area contributed by atoms with E-state index in [9.17, 15) is 4.79 Å². The zero-order valence-corrected chi connectivity index (χ0v) is 11.2. The number of anilines is 1. The summed E-state index contributed by atoms with van der Waals surface area (Å²) in [5, 5.41) is 16.3. The maximum Gasteiger partial charge on any atom is 0.287 e. The summed E-state index contributed by atoms with van der Waals surface area (Å²) in [6, 6.07) is 0. The number of halogens is 1. The lowest BCUT2D eigenvalue weighted by Gasteiger charge is -2.42. The van der Waals surface area contributed by atoms with Gasteiger partial charge in [-0.15, -0.1) is 0 Å². The first-order valence-corrected chi connectivity index (χ1v) is 6.64. The highest BCUT2D eigenvalue weighted by Gasteiger charge is 2.35. The molecule has 0 spiro atoms. The Balaban J connectivity index is 2.24.